The molecule has 2 nitrogen and oxygen atoms in total. The number of carbonyl (C=O) groups excluding carboxylic acids is 1. The maximum absolute atomic E-state index is 12.4. The molecule has 98 valence electrons. The lowest BCUT2D eigenvalue weighted by atomic mass is 9.71. The second-order valence-electron chi connectivity index (χ2n) is 6.56. The van der Waals surface area contributed by atoms with Crippen LogP contribution < -0.4 is 0 Å². The number of phenolic OH excluding ortho intramolecular Hbond substituents is 1. The van der Waals surface area contributed by atoms with Gasteiger partial charge in [-0.1, -0.05) is 0 Å². The van der Waals surface area contributed by atoms with E-state index in [-0.39, 0.29) is 11.3 Å². The number of phenols is 1. The molecule has 1 aromatic carbocycles. The topological polar surface area (TPSA) is 37.3 Å². The van der Waals surface area contributed by atoms with Crippen LogP contribution in [-0.2, 0) is 11.2 Å². The molecule has 0 saturated heterocycles. The number of aromatic hydroxyl groups is 1. The van der Waals surface area contributed by atoms with Crippen molar-refractivity contribution >= 4 is 11.4 Å². The number of ketones is 1. The summed E-state index contributed by atoms with van der Waals surface area (Å²) in [6.07, 6.45) is 4.20. The lowest BCUT2D eigenvalue weighted by Gasteiger charge is -2.31. The fourth-order valence-corrected chi connectivity index (χ4v) is 4.62. The van der Waals surface area contributed by atoms with E-state index in [2.05, 4.69) is 6.07 Å². The summed E-state index contributed by atoms with van der Waals surface area (Å²) in [5, 5.41) is 9.92. The van der Waals surface area contributed by atoms with Gasteiger partial charge in [0, 0.05) is 11.3 Å². The largest absolute Gasteiger partial charge is 0.508 e. The smallest absolute Gasteiger partial charge is 0.161 e. The van der Waals surface area contributed by atoms with Crippen LogP contribution in [0.2, 0.25) is 0 Å². The summed E-state index contributed by atoms with van der Waals surface area (Å²) in [7, 11) is 0. The molecule has 1 saturated carbocycles. The molecule has 0 radical (unpaired) electrons. The predicted octanol–water partition coefficient (Wildman–Crippen LogP) is 3.40. The minimum Gasteiger partial charge on any atom is -0.508 e. The number of allylic oxidation sites excluding steroid dienone is 2. The Hall–Kier alpha value is -1.57. The van der Waals surface area contributed by atoms with Crippen molar-refractivity contribution in [2.45, 2.75) is 39.5 Å². The van der Waals surface area contributed by atoms with Gasteiger partial charge < -0.3 is 5.11 Å². The molecule has 3 aliphatic carbocycles. The Morgan fingerprint density at radius 1 is 1.32 bits per heavy atom. The van der Waals surface area contributed by atoms with Crippen molar-refractivity contribution in [1.29, 1.82) is 0 Å². The molecular formula is C17H18O2. The molecule has 1 spiro atoms. The maximum atomic E-state index is 12.4. The van der Waals surface area contributed by atoms with Gasteiger partial charge in [0.2, 0.25) is 0 Å². The lowest BCUT2D eigenvalue weighted by molar-refractivity contribution is -0.119. The molecule has 2 bridgehead atoms. The molecule has 0 aliphatic heterocycles. The van der Waals surface area contributed by atoms with E-state index in [0.717, 1.165) is 36.8 Å². The van der Waals surface area contributed by atoms with Crippen LogP contribution >= 0.6 is 0 Å². The Bertz CT molecular complexity index is 653. The summed E-state index contributed by atoms with van der Waals surface area (Å²) in [5.74, 6) is 1.00. The number of fused-ring (bicyclic) bond motifs is 3. The Labute approximate surface area is 113 Å². The zero-order valence-corrected chi connectivity index (χ0v) is 11.4. The fraction of sp³-hybridized carbons (Fsp3) is 0.471. The molecule has 0 amide bonds. The van der Waals surface area contributed by atoms with Crippen LogP contribution in [0.1, 0.15) is 42.9 Å². The molecule has 2 atom stereocenters. The molecule has 0 aromatic heterocycles. The van der Waals surface area contributed by atoms with Crippen molar-refractivity contribution in [3.8, 4) is 5.75 Å². The zero-order chi connectivity index (χ0) is 13.4. The molecule has 1 fully saturated rings. The first kappa shape index (κ1) is 11.3. The van der Waals surface area contributed by atoms with Gasteiger partial charge in [-0.2, -0.15) is 0 Å². The molecule has 3 aliphatic rings. The summed E-state index contributed by atoms with van der Waals surface area (Å²) in [6, 6.07) is 3.99. The Morgan fingerprint density at radius 2 is 2.11 bits per heavy atom. The van der Waals surface area contributed by atoms with Crippen LogP contribution in [0.15, 0.2) is 17.7 Å². The third kappa shape index (κ3) is 1.24. The second kappa shape index (κ2) is 3.30. The van der Waals surface area contributed by atoms with Crippen LogP contribution in [0.4, 0.5) is 0 Å². The lowest BCUT2D eigenvalue weighted by Crippen LogP contribution is -2.26. The van der Waals surface area contributed by atoms with Crippen molar-refractivity contribution in [3.63, 3.8) is 0 Å². The monoisotopic (exact) mass is 254 g/mol. The van der Waals surface area contributed by atoms with Gasteiger partial charge in [-0.3, -0.25) is 4.79 Å². The van der Waals surface area contributed by atoms with Gasteiger partial charge in [0.1, 0.15) is 5.75 Å². The number of hydrogen-bond acceptors (Lipinski definition) is 2. The van der Waals surface area contributed by atoms with Crippen LogP contribution in [0.25, 0.3) is 5.57 Å². The van der Waals surface area contributed by atoms with Gasteiger partial charge >= 0.3 is 0 Å². The van der Waals surface area contributed by atoms with E-state index in [0.29, 0.717) is 11.5 Å². The highest BCUT2D eigenvalue weighted by Gasteiger charge is 2.53. The van der Waals surface area contributed by atoms with Crippen LogP contribution in [0.3, 0.4) is 0 Å². The van der Waals surface area contributed by atoms with Gasteiger partial charge in [-0.05, 0) is 79.5 Å². The van der Waals surface area contributed by atoms with Crippen molar-refractivity contribution in [2.75, 3.05) is 0 Å². The first-order valence-corrected chi connectivity index (χ1v) is 7.10. The van der Waals surface area contributed by atoms with Crippen LogP contribution in [0, 0.1) is 18.3 Å². The van der Waals surface area contributed by atoms with Crippen molar-refractivity contribution in [1.82, 2.24) is 0 Å². The summed E-state index contributed by atoms with van der Waals surface area (Å²) in [5.41, 5.74) is 5.84. The number of Topliss-reactive ketones (excluding diaryl/α,β-unsaturated/α-hetero) is 1. The zero-order valence-electron chi connectivity index (χ0n) is 11.4. The van der Waals surface area contributed by atoms with E-state index < -0.39 is 0 Å². The van der Waals surface area contributed by atoms with Crippen LogP contribution in [0.5, 0.6) is 5.75 Å². The van der Waals surface area contributed by atoms with Crippen molar-refractivity contribution in [2.24, 2.45) is 11.3 Å². The van der Waals surface area contributed by atoms with Gasteiger partial charge in [-0.25, -0.2) is 0 Å². The summed E-state index contributed by atoms with van der Waals surface area (Å²) >= 11 is 0. The third-order valence-electron chi connectivity index (χ3n) is 5.47. The second-order valence-corrected chi connectivity index (χ2v) is 6.56. The number of benzene rings is 1. The van der Waals surface area contributed by atoms with E-state index in [4.69, 9.17) is 0 Å². The highest BCUT2D eigenvalue weighted by Crippen LogP contribution is 2.62. The first-order valence-electron chi connectivity index (χ1n) is 7.10. The molecule has 2 heteroatoms. The number of rotatable bonds is 0. The summed E-state index contributed by atoms with van der Waals surface area (Å²) in [4.78, 5) is 12.4. The minimum absolute atomic E-state index is 0.200. The Morgan fingerprint density at radius 3 is 2.89 bits per heavy atom. The Balaban J connectivity index is 2.02. The third-order valence-corrected chi connectivity index (χ3v) is 5.47. The minimum atomic E-state index is 0.200. The van der Waals surface area contributed by atoms with Crippen LogP contribution in [-0.4, -0.2) is 10.9 Å². The number of carbonyl (C=O) groups is 1. The highest BCUT2D eigenvalue weighted by molar-refractivity contribution is 6.08. The summed E-state index contributed by atoms with van der Waals surface area (Å²) in [6.45, 7) is 3.93. The fourth-order valence-electron chi connectivity index (χ4n) is 4.62. The number of aryl methyl sites for hydroxylation is 1. The highest BCUT2D eigenvalue weighted by atomic mass is 16.3. The molecule has 2 unspecified atom stereocenters. The molecule has 1 N–H and O–H groups in total. The first-order chi connectivity index (χ1) is 9.02. The van der Waals surface area contributed by atoms with E-state index in [9.17, 15) is 9.90 Å². The van der Waals surface area contributed by atoms with Crippen molar-refractivity contribution < 1.29 is 9.90 Å². The van der Waals surface area contributed by atoms with E-state index in [1.807, 2.05) is 19.9 Å². The van der Waals surface area contributed by atoms with Gasteiger partial charge in [0.15, 0.2) is 5.78 Å². The quantitative estimate of drug-likeness (QED) is 0.770. The van der Waals surface area contributed by atoms with Gasteiger partial charge in [0.05, 0.1) is 0 Å². The van der Waals surface area contributed by atoms with Gasteiger partial charge in [0.25, 0.3) is 0 Å². The van der Waals surface area contributed by atoms with E-state index >= 15 is 0 Å². The molecule has 0 heterocycles. The molecule has 19 heavy (non-hydrogen) atoms. The molecular weight excluding hydrogens is 236 g/mol. The number of hydrogen-bond donors (Lipinski definition) is 1. The Kier molecular flexibility index (Phi) is 1.96. The van der Waals surface area contributed by atoms with E-state index in [1.54, 1.807) is 0 Å². The maximum Gasteiger partial charge on any atom is 0.161 e. The average molecular weight is 254 g/mol. The van der Waals surface area contributed by atoms with Crippen molar-refractivity contribution in [3.05, 3.63) is 34.4 Å². The molecule has 1 aromatic rings. The SMILES string of the molecule is CC1=C2c3cc(C)c(O)cc3CC23CCC(C3)C1=O. The van der Waals surface area contributed by atoms with Gasteiger partial charge in [-0.15, -0.1) is 0 Å². The standard InChI is InChI=1S/C17H18O2/c1-9-5-13-12(6-14(9)18)8-17-4-3-11(7-17)16(19)10(2)15(13)17/h5-6,11,18H,3-4,7-8H2,1-2H3. The molecule has 4 rings (SSSR count). The average Bonchev–Trinajstić information content (AvgIpc) is 2.88. The normalized spacial score (nSPS) is 31.7. The predicted molar refractivity (Wildman–Crippen MR) is 73.9 cm³/mol. The summed E-state index contributed by atoms with van der Waals surface area (Å²) < 4.78 is 0. The van der Waals surface area contributed by atoms with E-state index in [1.165, 1.54) is 16.7 Å².